The van der Waals surface area contributed by atoms with Crippen LogP contribution in [0.3, 0.4) is 0 Å². The highest BCUT2D eigenvalue weighted by atomic mass is 19.4. The number of rotatable bonds is 8. The van der Waals surface area contributed by atoms with E-state index in [-0.39, 0.29) is 11.1 Å². The molecule has 0 aliphatic rings. The van der Waals surface area contributed by atoms with Crippen molar-refractivity contribution in [3.05, 3.63) is 113 Å². The minimum absolute atomic E-state index is 0.213. The molecule has 0 unspecified atom stereocenters. The van der Waals surface area contributed by atoms with Crippen LogP contribution in [0.5, 0.6) is 5.75 Å². The lowest BCUT2D eigenvalue weighted by molar-refractivity contribution is -0.189. The van der Waals surface area contributed by atoms with Gasteiger partial charge >= 0.3 is 12.3 Å². The SMILES string of the molecule is CCCCc1ccc(-c2ccc(-c3cc(F)c(C(F)(F)Oc4ccc(C(F)(F)F)cc4)c(F)c3)c(F)c2)cc1. The highest BCUT2D eigenvalue weighted by Gasteiger charge is 2.41. The Morgan fingerprint density at radius 2 is 1.21 bits per heavy atom. The van der Waals surface area contributed by atoms with Crippen molar-refractivity contribution < 1.29 is 39.9 Å². The molecule has 0 atom stereocenters. The Morgan fingerprint density at radius 1 is 0.641 bits per heavy atom. The molecule has 0 bridgehead atoms. The van der Waals surface area contributed by atoms with E-state index in [0.29, 0.717) is 42.0 Å². The van der Waals surface area contributed by atoms with Crippen molar-refractivity contribution in [1.82, 2.24) is 0 Å². The normalized spacial score (nSPS) is 12.0. The number of halogens is 8. The average Bonchev–Trinajstić information content (AvgIpc) is 2.86. The molecule has 0 amide bonds. The maximum Gasteiger partial charge on any atom is 0.432 e. The predicted octanol–water partition coefficient (Wildman–Crippen LogP) is 9.93. The summed E-state index contributed by atoms with van der Waals surface area (Å²) in [7, 11) is 0. The first-order valence-electron chi connectivity index (χ1n) is 12.0. The van der Waals surface area contributed by atoms with Gasteiger partial charge in [-0.3, -0.25) is 0 Å². The Kier molecular flexibility index (Phi) is 7.99. The van der Waals surface area contributed by atoms with Gasteiger partial charge in [0.1, 0.15) is 28.8 Å². The summed E-state index contributed by atoms with van der Waals surface area (Å²) < 4.78 is 116. The van der Waals surface area contributed by atoms with Crippen LogP contribution in [0, 0.1) is 17.5 Å². The number of aryl methyl sites for hydroxylation is 1. The third kappa shape index (κ3) is 6.41. The predicted molar refractivity (Wildman–Crippen MR) is 132 cm³/mol. The van der Waals surface area contributed by atoms with Crippen molar-refractivity contribution in [3.8, 4) is 28.0 Å². The first-order valence-corrected chi connectivity index (χ1v) is 12.0. The maximum atomic E-state index is 15.0. The number of hydrogen-bond donors (Lipinski definition) is 0. The van der Waals surface area contributed by atoms with Crippen molar-refractivity contribution in [2.75, 3.05) is 0 Å². The van der Waals surface area contributed by atoms with Crippen LogP contribution in [-0.4, -0.2) is 0 Å². The van der Waals surface area contributed by atoms with Crippen molar-refractivity contribution >= 4 is 0 Å². The molecule has 9 heteroatoms. The average molecular weight is 550 g/mol. The molecule has 0 spiro atoms. The van der Waals surface area contributed by atoms with Crippen LogP contribution in [-0.2, 0) is 18.7 Å². The fourth-order valence-corrected chi connectivity index (χ4v) is 4.09. The van der Waals surface area contributed by atoms with Crippen LogP contribution in [0.1, 0.15) is 36.5 Å². The van der Waals surface area contributed by atoms with Gasteiger partial charge in [-0.2, -0.15) is 22.0 Å². The first kappa shape index (κ1) is 28.1. The number of unbranched alkanes of at least 4 members (excludes halogenated alkanes) is 1. The van der Waals surface area contributed by atoms with E-state index in [2.05, 4.69) is 11.7 Å². The van der Waals surface area contributed by atoms with Gasteiger partial charge in [-0.1, -0.05) is 49.7 Å². The van der Waals surface area contributed by atoms with Gasteiger partial charge in [0.15, 0.2) is 0 Å². The van der Waals surface area contributed by atoms with E-state index in [1.165, 1.54) is 12.1 Å². The zero-order valence-electron chi connectivity index (χ0n) is 20.6. The number of benzene rings is 4. The fraction of sp³-hybridized carbons (Fsp3) is 0.200. The maximum absolute atomic E-state index is 15.0. The molecule has 0 aliphatic heterocycles. The van der Waals surface area contributed by atoms with Crippen LogP contribution in [0.2, 0.25) is 0 Å². The molecule has 0 aromatic heterocycles. The first-order chi connectivity index (χ1) is 18.4. The van der Waals surface area contributed by atoms with Crippen LogP contribution >= 0.6 is 0 Å². The summed E-state index contributed by atoms with van der Waals surface area (Å²) in [5.41, 5.74) is -1.01. The number of alkyl halides is 5. The molecule has 39 heavy (non-hydrogen) atoms. The molecule has 1 nitrogen and oxygen atoms in total. The van der Waals surface area contributed by atoms with Gasteiger partial charge in [0.2, 0.25) is 0 Å². The Bertz CT molecular complexity index is 1420. The molecule has 0 radical (unpaired) electrons. The molecule has 0 aliphatic carbocycles. The quantitative estimate of drug-likeness (QED) is 0.198. The fourth-order valence-electron chi connectivity index (χ4n) is 4.09. The summed E-state index contributed by atoms with van der Waals surface area (Å²) in [6, 6.07) is 14.9. The van der Waals surface area contributed by atoms with Gasteiger partial charge in [0, 0.05) is 5.56 Å². The Balaban J connectivity index is 1.58. The molecule has 4 aromatic rings. The van der Waals surface area contributed by atoms with Gasteiger partial charge in [0.05, 0.1) is 5.56 Å². The molecule has 0 N–H and O–H groups in total. The van der Waals surface area contributed by atoms with Gasteiger partial charge in [-0.05, 0) is 77.6 Å². The molecule has 0 heterocycles. The molecule has 204 valence electrons. The third-order valence-corrected chi connectivity index (χ3v) is 6.15. The lowest BCUT2D eigenvalue weighted by Gasteiger charge is -2.20. The number of hydrogen-bond acceptors (Lipinski definition) is 1. The Labute approximate surface area is 219 Å². The smallest absolute Gasteiger partial charge is 0.429 e. The molecule has 0 fully saturated rings. The molecular formula is C30H22F8O. The summed E-state index contributed by atoms with van der Waals surface area (Å²) in [5.74, 6) is -4.99. The van der Waals surface area contributed by atoms with Crippen LogP contribution in [0.15, 0.2) is 78.9 Å². The van der Waals surface area contributed by atoms with E-state index in [1.54, 1.807) is 6.07 Å². The standard InChI is InChI=1S/C30H22F8O/c1-2-3-4-18-5-7-19(8-6-18)20-9-14-24(25(31)15-20)21-16-26(32)28(27(33)17-21)30(37,38)39-23-12-10-22(11-13-23)29(34,35)36/h5-17H,2-4H2,1H3. The van der Waals surface area contributed by atoms with Crippen LogP contribution < -0.4 is 4.74 Å². The summed E-state index contributed by atoms with van der Waals surface area (Å²) >= 11 is 0. The third-order valence-electron chi connectivity index (χ3n) is 6.15. The van der Waals surface area contributed by atoms with E-state index in [4.69, 9.17) is 0 Å². The Hall–Kier alpha value is -3.88. The minimum Gasteiger partial charge on any atom is -0.429 e. The summed E-state index contributed by atoms with van der Waals surface area (Å²) in [6.07, 6.45) is -6.26. The number of ether oxygens (including phenoxy) is 1. The highest BCUT2D eigenvalue weighted by Crippen LogP contribution is 2.39. The van der Waals surface area contributed by atoms with E-state index >= 15 is 0 Å². The van der Waals surface area contributed by atoms with Crippen LogP contribution in [0.25, 0.3) is 22.3 Å². The lowest BCUT2D eigenvalue weighted by atomic mass is 9.97. The molecule has 4 aromatic carbocycles. The second-order valence-electron chi connectivity index (χ2n) is 8.95. The second-order valence-corrected chi connectivity index (χ2v) is 8.95. The monoisotopic (exact) mass is 550 g/mol. The van der Waals surface area contributed by atoms with E-state index in [1.807, 2.05) is 24.3 Å². The van der Waals surface area contributed by atoms with Crippen molar-refractivity contribution in [3.63, 3.8) is 0 Å². The topological polar surface area (TPSA) is 9.23 Å². The van der Waals surface area contributed by atoms with Gasteiger partial charge in [0.25, 0.3) is 0 Å². The van der Waals surface area contributed by atoms with Crippen LogP contribution in [0.4, 0.5) is 35.1 Å². The zero-order chi connectivity index (χ0) is 28.4. The largest absolute Gasteiger partial charge is 0.432 e. The summed E-state index contributed by atoms with van der Waals surface area (Å²) in [6.45, 7) is 2.09. The molecule has 4 rings (SSSR count). The minimum atomic E-state index is -4.71. The second kappa shape index (κ2) is 11.1. The molecular weight excluding hydrogens is 528 g/mol. The highest BCUT2D eigenvalue weighted by molar-refractivity contribution is 5.71. The summed E-state index contributed by atoms with van der Waals surface area (Å²) in [5, 5.41) is 0. The Morgan fingerprint density at radius 3 is 1.74 bits per heavy atom. The van der Waals surface area contributed by atoms with E-state index in [0.717, 1.165) is 30.4 Å². The molecule has 0 saturated carbocycles. The van der Waals surface area contributed by atoms with E-state index in [9.17, 15) is 35.1 Å². The van der Waals surface area contributed by atoms with Crippen molar-refractivity contribution in [1.29, 1.82) is 0 Å². The zero-order valence-corrected chi connectivity index (χ0v) is 20.6. The summed E-state index contributed by atoms with van der Waals surface area (Å²) in [4.78, 5) is 0. The van der Waals surface area contributed by atoms with Gasteiger partial charge in [-0.15, -0.1) is 0 Å². The van der Waals surface area contributed by atoms with Gasteiger partial charge < -0.3 is 4.74 Å². The van der Waals surface area contributed by atoms with Gasteiger partial charge in [-0.25, -0.2) is 13.2 Å². The van der Waals surface area contributed by atoms with Crippen molar-refractivity contribution in [2.24, 2.45) is 0 Å². The van der Waals surface area contributed by atoms with Crippen molar-refractivity contribution in [2.45, 2.75) is 38.5 Å². The lowest BCUT2D eigenvalue weighted by Crippen LogP contribution is -2.25. The van der Waals surface area contributed by atoms with E-state index < -0.39 is 46.6 Å². The molecule has 0 saturated heterocycles.